The Bertz CT molecular complexity index is 3090. The second-order valence-corrected chi connectivity index (χ2v) is 15.4. The zero-order valence-electron chi connectivity index (χ0n) is 36.9. The third kappa shape index (κ3) is 7.75. The van der Waals surface area contributed by atoms with E-state index in [2.05, 4.69) is 116 Å². The number of rotatable bonds is 7. The Morgan fingerprint density at radius 3 is 1.98 bits per heavy atom. The first kappa shape index (κ1) is 36.7. The molecule has 0 aliphatic rings. The smallest absolute Gasteiger partial charge is 0.120 e. The van der Waals surface area contributed by atoms with Crippen LogP contribution in [0.1, 0.15) is 60.3 Å². The molecule has 10 aromatic rings. The number of benzene rings is 7. The van der Waals surface area contributed by atoms with E-state index in [0.717, 1.165) is 38.9 Å². The maximum atomic E-state index is 8.36. The van der Waals surface area contributed by atoms with Crippen molar-refractivity contribution in [3.63, 3.8) is 0 Å². The quantitative estimate of drug-likeness (QED) is 0.150. The Hall–Kier alpha value is -6.39. The second-order valence-electron chi connectivity index (χ2n) is 15.4. The Balaban J connectivity index is 0.000000361. The molecule has 0 atom stereocenters. The maximum Gasteiger partial charge on any atom is 0.120 e. The minimum Gasteiger partial charge on any atom is -0.501 e. The van der Waals surface area contributed by atoms with Gasteiger partial charge in [-0.3, -0.25) is 4.98 Å². The molecule has 1 radical (unpaired) electrons. The van der Waals surface area contributed by atoms with E-state index in [4.69, 9.17) is 13.5 Å². The number of hydrogen-bond donors (Lipinski definition) is 0. The van der Waals surface area contributed by atoms with Gasteiger partial charge in [-0.25, -0.2) is 0 Å². The summed E-state index contributed by atoms with van der Waals surface area (Å²) >= 11 is 0. The molecular formula is C55H45IrN3O-2. The van der Waals surface area contributed by atoms with Gasteiger partial charge in [0.25, 0.3) is 0 Å². The second kappa shape index (κ2) is 17.5. The summed E-state index contributed by atoms with van der Waals surface area (Å²) in [6.07, 6.45) is 1.79. The third-order valence-corrected chi connectivity index (χ3v) is 10.8. The van der Waals surface area contributed by atoms with Crippen molar-refractivity contribution in [3.05, 3.63) is 199 Å². The van der Waals surface area contributed by atoms with Crippen molar-refractivity contribution < 1.29 is 28.6 Å². The molecule has 10 rings (SSSR count). The molecule has 0 spiro atoms. The van der Waals surface area contributed by atoms with Crippen molar-refractivity contribution in [1.29, 1.82) is 0 Å². The van der Waals surface area contributed by atoms with E-state index in [0.29, 0.717) is 27.9 Å². The van der Waals surface area contributed by atoms with Crippen LogP contribution in [-0.4, -0.2) is 14.5 Å². The number of para-hydroxylation sites is 3. The standard InChI is InChI=1S/C44H37N2O.C11H8N.Ir/c1-27(2)36-25-33(32-22-20-31(21-23-32)30-13-7-6-8-14-30)26-37(28(3)4)42(36)46-39-17-11-10-16-38(39)45-44(46)35-24-19-29(5)41-34-15-9-12-18-40(34)47-43(35)41;1-2-6-10(7-3-1)11-8-4-5-9-12-11;/h6-23,25-28H,1-5H3;1-6,8-9H;/q2*-1;/i5D3;;. The Morgan fingerprint density at radius 2 is 1.30 bits per heavy atom. The van der Waals surface area contributed by atoms with E-state index in [9.17, 15) is 0 Å². The molecule has 3 heterocycles. The van der Waals surface area contributed by atoms with Crippen LogP contribution in [0.4, 0.5) is 0 Å². The Labute approximate surface area is 370 Å². The number of hydrogen-bond acceptors (Lipinski definition) is 3. The van der Waals surface area contributed by atoms with Crippen LogP contribution in [-0.2, 0) is 20.1 Å². The maximum absolute atomic E-state index is 8.36. The third-order valence-electron chi connectivity index (χ3n) is 10.8. The first-order valence-electron chi connectivity index (χ1n) is 21.6. The minimum atomic E-state index is -2.34. The summed E-state index contributed by atoms with van der Waals surface area (Å²) in [5, 5.41) is 1.34. The van der Waals surface area contributed by atoms with Crippen LogP contribution in [0.5, 0.6) is 0 Å². The molecule has 0 saturated carbocycles. The van der Waals surface area contributed by atoms with Gasteiger partial charge >= 0.3 is 0 Å². The summed E-state index contributed by atoms with van der Waals surface area (Å²) in [6.45, 7) is 6.60. The van der Waals surface area contributed by atoms with Gasteiger partial charge in [-0.05, 0) is 87.3 Å². The molecule has 60 heavy (non-hydrogen) atoms. The summed E-state index contributed by atoms with van der Waals surface area (Å²) in [5.41, 5.74) is 14.0. The van der Waals surface area contributed by atoms with E-state index in [1.165, 1.54) is 27.8 Å². The van der Waals surface area contributed by atoms with Crippen molar-refractivity contribution in [2.45, 2.75) is 46.4 Å². The predicted octanol–water partition coefficient (Wildman–Crippen LogP) is 14.8. The Morgan fingerprint density at radius 1 is 0.650 bits per heavy atom. The number of aryl methyl sites for hydroxylation is 1. The van der Waals surface area contributed by atoms with E-state index in [1.807, 2.05) is 91.0 Å². The molecule has 0 N–H and O–H groups in total. The van der Waals surface area contributed by atoms with Crippen molar-refractivity contribution in [1.82, 2.24) is 14.5 Å². The van der Waals surface area contributed by atoms with Gasteiger partial charge in [0.2, 0.25) is 0 Å². The molecule has 0 aliphatic carbocycles. The summed E-state index contributed by atoms with van der Waals surface area (Å²) < 4.78 is 33.8. The molecule has 3 aromatic heterocycles. The molecule has 0 bridgehead atoms. The van der Waals surface area contributed by atoms with Crippen LogP contribution in [0.3, 0.4) is 0 Å². The summed E-state index contributed by atoms with van der Waals surface area (Å²) in [5.74, 6) is 1.04. The van der Waals surface area contributed by atoms with Crippen molar-refractivity contribution >= 4 is 33.0 Å². The molecule has 7 aromatic carbocycles. The fourth-order valence-corrected chi connectivity index (χ4v) is 7.90. The van der Waals surface area contributed by atoms with Crippen LogP contribution in [0.25, 0.3) is 83.6 Å². The normalized spacial score (nSPS) is 12.2. The molecule has 0 fully saturated rings. The average Bonchev–Trinajstić information content (AvgIpc) is 3.88. The van der Waals surface area contributed by atoms with Gasteiger partial charge in [0.1, 0.15) is 5.58 Å². The molecular weight excluding hydrogens is 911 g/mol. The van der Waals surface area contributed by atoms with E-state index >= 15 is 0 Å². The average molecular weight is 959 g/mol. The number of nitrogens with zero attached hydrogens (tertiary/aromatic N) is 3. The fraction of sp³-hybridized carbons (Fsp3) is 0.127. The van der Waals surface area contributed by atoms with E-state index in [1.54, 1.807) is 12.3 Å². The predicted molar refractivity (Wildman–Crippen MR) is 245 cm³/mol. The van der Waals surface area contributed by atoms with Crippen molar-refractivity contribution in [2.24, 2.45) is 0 Å². The van der Waals surface area contributed by atoms with Gasteiger partial charge in [-0.1, -0.05) is 143 Å². The molecule has 0 saturated heterocycles. The Kier molecular flexibility index (Phi) is 10.7. The van der Waals surface area contributed by atoms with Gasteiger partial charge in [0, 0.05) is 41.5 Å². The van der Waals surface area contributed by atoms with Gasteiger partial charge < -0.3 is 14.0 Å². The molecule has 4 nitrogen and oxygen atoms in total. The summed E-state index contributed by atoms with van der Waals surface area (Å²) in [4.78, 5) is 9.44. The molecule has 0 aliphatic heterocycles. The molecule has 0 amide bonds. The van der Waals surface area contributed by atoms with Gasteiger partial charge in [0.05, 0.1) is 22.4 Å². The largest absolute Gasteiger partial charge is 0.501 e. The number of pyridine rings is 1. The van der Waals surface area contributed by atoms with Gasteiger partial charge in [-0.15, -0.1) is 53.6 Å². The number of imidazole rings is 1. The van der Waals surface area contributed by atoms with Gasteiger partial charge in [-0.2, -0.15) is 0 Å². The SMILES string of the molecule is [2H]C([2H])([2H])c1c[c-]c(-c2nc3ccccc3n2-c2c(C(C)C)cc(-c3ccc(-c4ccccc4)cc3)cc2C(C)C)c2oc3ccccc3c12.[Ir].[c-]1ccccc1-c1ccccn1. The van der Waals surface area contributed by atoms with E-state index in [-0.39, 0.29) is 37.5 Å². The summed E-state index contributed by atoms with van der Waals surface area (Å²) in [7, 11) is 0. The van der Waals surface area contributed by atoms with Crippen molar-refractivity contribution in [2.75, 3.05) is 0 Å². The number of furan rings is 1. The molecule has 5 heteroatoms. The number of fused-ring (bicyclic) bond motifs is 4. The monoisotopic (exact) mass is 959 g/mol. The van der Waals surface area contributed by atoms with Crippen molar-refractivity contribution in [3.8, 4) is 50.6 Å². The number of aromatic nitrogens is 3. The zero-order valence-corrected chi connectivity index (χ0v) is 36.3. The van der Waals surface area contributed by atoms with Crippen LogP contribution in [0.2, 0.25) is 0 Å². The molecule has 297 valence electrons. The van der Waals surface area contributed by atoms with Crippen LogP contribution in [0.15, 0.2) is 174 Å². The van der Waals surface area contributed by atoms with Crippen LogP contribution in [0, 0.1) is 19.0 Å². The zero-order chi connectivity index (χ0) is 43.0. The first-order valence-corrected chi connectivity index (χ1v) is 20.1. The van der Waals surface area contributed by atoms with Crippen LogP contribution < -0.4 is 0 Å². The van der Waals surface area contributed by atoms with E-state index < -0.39 is 6.85 Å². The topological polar surface area (TPSA) is 43.9 Å². The minimum absolute atomic E-state index is 0. The molecule has 0 unspecified atom stereocenters. The fourth-order valence-electron chi connectivity index (χ4n) is 7.90. The first-order chi connectivity index (χ1) is 30.1. The summed E-state index contributed by atoms with van der Waals surface area (Å²) in [6, 6.07) is 61.4. The van der Waals surface area contributed by atoms with Gasteiger partial charge in [0.15, 0.2) is 0 Å². The van der Waals surface area contributed by atoms with Crippen LogP contribution >= 0.6 is 0 Å².